The van der Waals surface area contributed by atoms with E-state index in [1.165, 1.54) is 6.20 Å². The predicted octanol–water partition coefficient (Wildman–Crippen LogP) is 2.18. The number of halogens is 1. The van der Waals surface area contributed by atoms with Crippen molar-refractivity contribution >= 4 is 27.3 Å². The Kier molecular flexibility index (Phi) is 5.49. The summed E-state index contributed by atoms with van der Waals surface area (Å²) in [4.78, 5) is 14.5. The summed E-state index contributed by atoms with van der Waals surface area (Å²) in [5.74, 6) is 0. The number of hydrogen-bond donors (Lipinski definition) is 2. The van der Waals surface area contributed by atoms with Gasteiger partial charge in [0.1, 0.15) is 11.9 Å². The fourth-order valence-electron chi connectivity index (χ4n) is 2.65. The third-order valence-electron chi connectivity index (χ3n) is 3.83. The van der Waals surface area contributed by atoms with Crippen molar-refractivity contribution in [2.24, 2.45) is 5.41 Å². The van der Waals surface area contributed by atoms with Crippen LogP contribution in [0.25, 0.3) is 0 Å². The molecule has 0 amide bonds. The highest BCUT2D eigenvalue weighted by Crippen LogP contribution is 2.34. The van der Waals surface area contributed by atoms with Gasteiger partial charge in [0.25, 0.3) is 0 Å². The zero-order valence-corrected chi connectivity index (χ0v) is 13.5. The van der Waals surface area contributed by atoms with Crippen LogP contribution in [0.3, 0.4) is 0 Å². The molecular weight excluding hydrogens is 340 g/mol. The molecule has 1 saturated heterocycles. The number of methoxy groups -OCH3 is 1. The van der Waals surface area contributed by atoms with Crippen LogP contribution in [0.4, 0.5) is 11.4 Å². The summed E-state index contributed by atoms with van der Waals surface area (Å²) in [5, 5.41) is 17.6. The van der Waals surface area contributed by atoms with Gasteiger partial charge < -0.3 is 15.4 Å². The number of nitro groups is 1. The molecule has 0 unspecified atom stereocenters. The molecule has 0 saturated carbocycles. The van der Waals surface area contributed by atoms with E-state index in [0.29, 0.717) is 23.3 Å². The number of nitrogens with one attached hydrogen (secondary N) is 2. The Morgan fingerprint density at radius 3 is 2.86 bits per heavy atom. The number of nitrogens with zero attached hydrogens (tertiary/aromatic N) is 2. The average molecular weight is 359 g/mol. The molecule has 1 aliphatic heterocycles. The van der Waals surface area contributed by atoms with Gasteiger partial charge >= 0.3 is 5.69 Å². The molecule has 0 aliphatic carbocycles. The monoisotopic (exact) mass is 358 g/mol. The van der Waals surface area contributed by atoms with Gasteiger partial charge in [0.2, 0.25) is 0 Å². The lowest BCUT2D eigenvalue weighted by atomic mass is 9.79. The van der Waals surface area contributed by atoms with E-state index < -0.39 is 4.92 Å². The van der Waals surface area contributed by atoms with Crippen LogP contribution < -0.4 is 10.6 Å². The maximum atomic E-state index is 11.1. The molecule has 8 heteroatoms. The third-order valence-corrected chi connectivity index (χ3v) is 4.43. The minimum Gasteiger partial charge on any atom is -0.384 e. The minimum absolute atomic E-state index is 0.00339. The lowest BCUT2D eigenvalue weighted by molar-refractivity contribution is -0.384. The summed E-state index contributed by atoms with van der Waals surface area (Å²) >= 11 is 3.32. The van der Waals surface area contributed by atoms with Crippen LogP contribution >= 0.6 is 15.9 Å². The van der Waals surface area contributed by atoms with Crippen molar-refractivity contribution in [1.82, 2.24) is 10.3 Å². The molecule has 7 nitrogen and oxygen atoms in total. The van der Waals surface area contributed by atoms with Crippen molar-refractivity contribution < 1.29 is 9.66 Å². The van der Waals surface area contributed by atoms with Crippen molar-refractivity contribution in [2.45, 2.75) is 12.8 Å². The Labute approximate surface area is 131 Å². The van der Waals surface area contributed by atoms with E-state index in [2.05, 4.69) is 31.5 Å². The van der Waals surface area contributed by atoms with Gasteiger partial charge in [-0.2, -0.15) is 0 Å². The van der Waals surface area contributed by atoms with E-state index in [0.717, 1.165) is 25.9 Å². The number of hydrogen-bond acceptors (Lipinski definition) is 6. The topological polar surface area (TPSA) is 89.3 Å². The Bertz CT molecular complexity index is 501. The largest absolute Gasteiger partial charge is 0.384 e. The summed E-state index contributed by atoms with van der Waals surface area (Å²) in [5.41, 5.74) is 0.450. The van der Waals surface area contributed by atoms with Crippen LogP contribution in [0.2, 0.25) is 0 Å². The molecule has 0 spiro atoms. The molecule has 1 aromatic heterocycles. The molecule has 116 valence electrons. The molecule has 2 rings (SSSR count). The van der Waals surface area contributed by atoms with Crippen LogP contribution in [-0.2, 0) is 4.74 Å². The standard InChI is InChI=1S/C13H19BrN4O3/c1-21-9-13(2-4-15-5-3-13)8-17-12-10(14)6-16-7-11(12)18(19)20/h6-7,15H,2-5,8-9H2,1H3,(H,16,17). The first-order valence-corrected chi connectivity index (χ1v) is 7.59. The number of ether oxygens (including phenoxy) is 1. The zero-order valence-electron chi connectivity index (χ0n) is 11.9. The van der Waals surface area contributed by atoms with Crippen molar-refractivity contribution in [2.75, 3.05) is 38.7 Å². The second-order valence-electron chi connectivity index (χ2n) is 5.31. The van der Waals surface area contributed by atoms with Crippen LogP contribution in [0.1, 0.15) is 12.8 Å². The van der Waals surface area contributed by atoms with Gasteiger partial charge in [-0.05, 0) is 41.9 Å². The Morgan fingerprint density at radius 1 is 1.52 bits per heavy atom. The quantitative estimate of drug-likeness (QED) is 0.598. The summed E-state index contributed by atoms with van der Waals surface area (Å²) in [7, 11) is 1.69. The molecule has 1 fully saturated rings. The fraction of sp³-hybridized carbons (Fsp3) is 0.615. The third kappa shape index (κ3) is 3.90. The van der Waals surface area contributed by atoms with Gasteiger partial charge in [-0.1, -0.05) is 0 Å². The van der Waals surface area contributed by atoms with Crippen molar-refractivity contribution in [1.29, 1.82) is 0 Å². The van der Waals surface area contributed by atoms with Crippen molar-refractivity contribution in [3.63, 3.8) is 0 Å². The highest BCUT2D eigenvalue weighted by atomic mass is 79.9. The maximum Gasteiger partial charge on any atom is 0.311 e. The molecule has 0 atom stereocenters. The van der Waals surface area contributed by atoms with Crippen molar-refractivity contribution in [3.05, 3.63) is 27.0 Å². The zero-order chi connectivity index (χ0) is 15.3. The molecular formula is C13H19BrN4O3. The van der Waals surface area contributed by atoms with Gasteiger partial charge in [0.05, 0.1) is 16.0 Å². The second kappa shape index (κ2) is 7.15. The Hall–Kier alpha value is -1.25. The minimum atomic E-state index is -0.425. The van der Waals surface area contributed by atoms with Crippen LogP contribution in [0.5, 0.6) is 0 Å². The number of piperidine rings is 1. The first-order chi connectivity index (χ1) is 10.1. The van der Waals surface area contributed by atoms with Crippen molar-refractivity contribution in [3.8, 4) is 0 Å². The molecule has 1 aromatic rings. The summed E-state index contributed by atoms with van der Waals surface area (Å²) in [6.07, 6.45) is 4.77. The fourth-order valence-corrected chi connectivity index (χ4v) is 3.11. The number of rotatable bonds is 6. The normalized spacial score (nSPS) is 17.4. The predicted molar refractivity (Wildman–Crippen MR) is 83.5 cm³/mol. The molecule has 0 bridgehead atoms. The summed E-state index contributed by atoms with van der Waals surface area (Å²) < 4.78 is 5.95. The maximum absolute atomic E-state index is 11.1. The highest BCUT2D eigenvalue weighted by molar-refractivity contribution is 9.10. The van der Waals surface area contributed by atoms with E-state index in [1.807, 2.05) is 0 Å². The Balaban J connectivity index is 2.16. The molecule has 1 aliphatic rings. The van der Waals surface area contributed by atoms with E-state index in [9.17, 15) is 10.1 Å². The molecule has 0 aromatic carbocycles. The van der Waals surface area contributed by atoms with Gasteiger partial charge in [-0.3, -0.25) is 15.1 Å². The number of aromatic nitrogens is 1. The Morgan fingerprint density at radius 2 is 2.24 bits per heavy atom. The molecule has 0 radical (unpaired) electrons. The van der Waals surface area contributed by atoms with E-state index in [1.54, 1.807) is 13.3 Å². The number of anilines is 1. The van der Waals surface area contributed by atoms with Gasteiger partial charge in [0, 0.05) is 25.3 Å². The molecule has 21 heavy (non-hydrogen) atoms. The first-order valence-electron chi connectivity index (χ1n) is 6.79. The van der Waals surface area contributed by atoms with Crippen LogP contribution in [-0.4, -0.2) is 43.3 Å². The summed E-state index contributed by atoms with van der Waals surface area (Å²) in [6, 6.07) is 0. The number of pyridine rings is 1. The average Bonchev–Trinajstić information content (AvgIpc) is 2.47. The van der Waals surface area contributed by atoms with Gasteiger partial charge in [0.15, 0.2) is 0 Å². The lowest BCUT2D eigenvalue weighted by Crippen LogP contribution is -2.44. The van der Waals surface area contributed by atoms with Crippen LogP contribution in [0.15, 0.2) is 16.9 Å². The summed E-state index contributed by atoms with van der Waals surface area (Å²) in [6.45, 7) is 3.14. The second-order valence-corrected chi connectivity index (χ2v) is 6.16. The SMILES string of the molecule is COCC1(CNc2c(Br)cncc2[N+](=O)[O-])CCNCC1. The highest BCUT2D eigenvalue weighted by Gasteiger charge is 2.33. The van der Waals surface area contributed by atoms with Crippen LogP contribution in [0, 0.1) is 15.5 Å². The first kappa shape index (κ1) is 16.1. The van der Waals surface area contributed by atoms with E-state index in [4.69, 9.17) is 4.74 Å². The van der Waals surface area contributed by atoms with E-state index >= 15 is 0 Å². The lowest BCUT2D eigenvalue weighted by Gasteiger charge is -2.37. The molecule has 2 heterocycles. The van der Waals surface area contributed by atoms with Gasteiger partial charge in [-0.15, -0.1) is 0 Å². The smallest absolute Gasteiger partial charge is 0.311 e. The van der Waals surface area contributed by atoms with E-state index in [-0.39, 0.29) is 11.1 Å². The molecule has 2 N–H and O–H groups in total. The van der Waals surface area contributed by atoms with Gasteiger partial charge in [-0.25, -0.2) is 0 Å².